The number of aliphatic hydroxyl groups is 2. The highest BCUT2D eigenvalue weighted by molar-refractivity contribution is 5.77. The summed E-state index contributed by atoms with van der Waals surface area (Å²) in [6.07, 6.45) is 67.9. The van der Waals surface area contributed by atoms with E-state index in [1.165, 1.54) is 109 Å². The molecule has 0 aromatic carbocycles. The van der Waals surface area contributed by atoms with Crippen LogP contribution in [0.3, 0.4) is 0 Å². The van der Waals surface area contributed by atoms with Crippen molar-refractivity contribution in [3.63, 3.8) is 0 Å². The first-order valence-electron chi connectivity index (χ1n) is 27.3. The van der Waals surface area contributed by atoms with Crippen molar-refractivity contribution >= 4 is 11.9 Å². The Bertz CT molecular complexity index is 1250. The Kier molecular flexibility index (Phi) is 49.6. The van der Waals surface area contributed by atoms with Crippen LogP contribution in [0, 0.1) is 0 Å². The van der Waals surface area contributed by atoms with Crippen molar-refractivity contribution in [2.45, 2.75) is 270 Å². The van der Waals surface area contributed by atoms with Gasteiger partial charge < -0.3 is 20.3 Å². The van der Waals surface area contributed by atoms with E-state index in [1.54, 1.807) is 0 Å². The van der Waals surface area contributed by atoms with Crippen LogP contribution in [-0.4, -0.2) is 46.9 Å². The number of rotatable bonds is 48. The van der Waals surface area contributed by atoms with Gasteiger partial charge in [-0.3, -0.25) is 9.59 Å². The minimum Gasteiger partial charge on any atom is -0.462 e. The number of esters is 1. The molecular weight excluding hydrogens is 803 g/mol. The number of allylic oxidation sites excluding steroid dienone is 14. The molecule has 0 rings (SSSR count). The summed E-state index contributed by atoms with van der Waals surface area (Å²) in [6, 6.07) is -0.726. The highest BCUT2D eigenvalue weighted by Crippen LogP contribution is 2.17. The van der Waals surface area contributed by atoms with Crippen LogP contribution in [-0.2, 0) is 14.3 Å². The first kappa shape index (κ1) is 62.0. The van der Waals surface area contributed by atoms with E-state index < -0.39 is 18.2 Å². The Balaban J connectivity index is 4.66. The molecule has 0 heterocycles. The maximum atomic E-state index is 13.2. The van der Waals surface area contributed by atoms with Crippen LogP contribution in [0.2, 0.25) is 0 Å². The van der Waals surface area contributed by atoms with E-state index in [0.29, 0.717) is 19.3 Å². The van der Waals surface area contributed by atoms with Gasteiger partial charge in [-0.15, -0.1) is 0 Å². The van der Waals surface area contributed by atoms with Crippen LogP contribution in [0.4, 0.5) is 0 Å². The molecule has 0 aliphatic carbocycles. The zero-order chi connectivity index (χ0) is 47.4. The zero-order valence-corrected chi connectivity index (χ0v) is 42.6. The third kappa shape index (κ3) is 47.3. The smallest absolute Gasteiger partial charge is 0.306 e. The highest BCUT2D eigenvalue weighted by atomic mass is 16.5. The molecule has 3 N–H and O–H groups in total. The lowest BCUT2D eigenvalue weighted by Crippen LogP contribution is -2.46. The van der Waals surface area contributed by atoms with Crippen LogP contribution in [0.15, 0.2) is 85.1 Å². The van der Waals surface area contributed by atoms with E-state index in [1.807, 2.05) is 0 Å². The summed E-state index contributed by atoms with van der Waals surface area (Å²) < 4.78 is 5.91. The van der Waals surface area contributed by atoms with Gasteiger partial charge in [-0.05, 0) is 96.3 Å². The molecule has 0 aliphatic heterocycles. The van der Waals surface area contributed by atoms with Crippen molar-refractivity contribution in [2.75, 3.05) is 6.61 Å². The molecule has 0 spiro atoms. The standard InChI is InChI=1S/C59H103NO5/c1-4-7-10-13-16-19-22-25-27-28-29-30-31-34-37-40-43-46-49-52-59(64)65-55(50-47-44-41-38-35-33-26-23-20-17-14-11-8-5-2)53-58(63)60-56(54-61)57(62)51-48-45-42-39-36-32-24-21-18-15-12-9-6-3/h8,11,16-17,19-20,25-27,29-30,33,38,41,55-57,61-62H,4-7,9-10,12-15,18,21-24,28,31-32,34-37,39-40,42-54H2,1-3H3,(H,60,63)/b11-8+,19-16-,20-17+,27-25-,30-29-,33-26+,41-38+. The van der Waals surface area contributed by atoms with Gasteiger partial charge in [-0.1, -0.05) is 228 Å². The quantitative estimate of drug-likeness (QED) is 0.0321. The van der Waals surface area contributed by atoms with Gasteiger partial charge in [0.25, 0.3) is 0 Å². The molecule has 0 saturated heterocycles. The predicted molar refractivity (Wildman–Crippen MR) is 282 cm³/mol. The Hall–Kier alpha value is -2.96. The molecule has 65 heavy (non-hydrogen) atoms. The zero-order valence-electron chi connectivity index (χ0n) is 42.6. The topological polar surface area (TPSA) is 95.9 Å². The summed E-state index contributed by atoms with van der Waals surface area (Å²) in [6.45, 7) is 6.33. The lowest BCUT2D eigenvalue weighted by atomic mass is 10.0. The lowest BCUT2D eigenvalue weighted by molar-refractivity contribution is -0.151. The Labute approximate surface area is 402 Å². The van der Waals surface area contributed by atoms with E-state index in [-0.39, 0.29) is 24.9 Å². The van der Waals surface area contributed by atoms with Crippen LogP contribution in [0.5, 0.6) is 0 Å². The van der Waals surface area contributed by atoms with E-state index in [9.17, 15) is 19.8 Å². The van der Waals surface area contributed by atoms with Crippen molar-refractivity contribution < 1.29 is 24.5 Å². The summed E-state index contributed by atoms with van der Waals surface area (Å²) in [5.74, 6) is -0.545. The van der Waals surface area contributed by atoms with Gasteiger partial charge in [0.2, 0.25) is 5.91 Å². The molecule has 0 saturated carbocycles. The fourth-order valence-corrected chi connectivity index (χ4v) is 7.85. The predicted octanol–water partition coefficient (Wildman–Crippen LogP) is 16.7. The molecule has 0 aromatic heterocycles. The van der Waals surface area contributed by atoms with Crippen LogP contribution < -0.4 is 5.32 Å². The fourth-order valence-electron chi connectivity index (χ4n) is 7.85. The van der Waals surface area contributed by atoms with E-state index in [2.05, 4.69) is 111 Å². The number of carbonyl (C=O) groups excluding carboxylic acids is 2. The molecule has 3 atom stereocenters. The van der Waals surface area contributed by atoms with Gasteiger partial charge in [0.15, 0.2) is 0 Å². The molecule has 374 valence electrons. The SMILES string of the molecule is CC/C=C/C/C=C/C/C=C/C/C=C/CCCC(CC(=O)NC(CO)C(O)CCCCCCCCCCCCCCC)OC(=O)CCCCCCCC/C=C\C/C=C\C/C=C\CCCCC. The van der Waals surface area contributed by atoms with E-state index in [0.717, 1.165) is 96.3 Å². The molecule has 0 fully saturated rings. The normalized spacial score (nSPS) is 13.9. The number of unbranched alkanes of at least 4 members (excludes halogenated alkanes) is 22. The summed E-state index contributed by atoms with van der Waals surface area (Å²) in [4.78, 5) is 26.2. The number of ether oxygens (including phenoxy) is 1. The van der Waals surface area contributed by atoms with E-state index >= 15 is 0 Å². The monoisotopic (exact) mass is 906 g/mol. The highest BCUT2D eigenvalue weighted by Gasteiger charge is 2.24. The van der Waals surface area contributed by atoms with Gasteiger partial charge in [-0.25, -0.2) is 0 Å². The molecular formula is C59H103NO5. The van der Waals surface area contributed by atoms with Gasteiger partial charge in [0, 0.05) is 6.42 Å². The first-order chi connectivity index (χ1) is 32.0. The maximum Gasteiger partial charge on any atom is 0.306 e. The van der Waals surface area contributed by atoms with Crippen molar-refractivity contribution in [2.24, 2.45) is 0 Å². The fraction of sp³-hybridized carbons (Fsp3) is 0.729. The summed E-state index contributed by atoms with van der Waals surface area (Å²) in [5, 5.41) is 23.8. The largest absolute Gasteiger partial charge is 0.462 e. The van der Waals surface area contributed by atoms with Crippen molar-refractivity contribution in [1.29, 1.82) is 0 Å². The Morgan fingerprint density at radius 2 is 0.846 bits per heavy atom. The molecule has 0 aliphatic rings. The van der Waals surface area contributed by atoms with Crippen LogP contribution in [0.25, 0.3) is 0 Å². The van der Waals surface area contributed by atoms with Gasteiger partial charge in [-0.2, -0.15) is 0 Å². The molecule has 3 unspecified atom stereocenters. The first-order valence-corrected chi connectivity index (χ1v) is 27.3. The number of hydrogen-bond acceptors (Lipinski definition) is 5. The average Bonchev–Trinajstić information content (AvgIpc) is 3.30. The van der Waals surface area contributed by atoms with Gasteiger partial charge >= 0.3 is 5.97 Å². The van der Waals surface area contributed by atoms with Crippen molar-refractivity contribution in [1.82, 2.24) is 5.32 Å². The maximum absolute atomic E-state index is 13.2. The third-order valence-electron chi connectivity index (χ3n) is 12.0. The average molecular weight is 906 g/mol. The lowest BCUT2D eigenvalue weighted by Gasteiger charge is -2.24. The van der Waals surface area contributed by atoms with Crippen LogP contribution in [0.1, 0.15) is 252 Å². The number of aliphatic hydroxyl groups excluding tert-OH is 2. The number of carbonyl (C=O) groups is 2. The second-order valence-corrected chi connectivity index (χ2v) is 18.2. The number of amides is 1. The molecule has 6 nitrogen and oxygen atoms in total. The molecule has 1 amide bonds. The Morgan fingerprint density at radius 1 is 0.462 bits per heavy atom. The van der Waals surface area contributed by atoms with Crippen molar-refractivity contribution in [3.05, 3.63) is 85.1 Å². The van der Waals surface area contributed by atoms with Gasteiger partial charge in [0.1, 0.15) is 6.10 Å². The molecule has 0 bridgehead atoms. The summed E-state index contributed by atoms with van der Waals surface area (Å²) in [5.41, 5.74) is 0. The number of nitrogens with one attached hydrogen (secondary N) is 1. The molecule has 0 aromatic rings. The molecule has 6 heteroatoms. The Morgan fingerprint density at radius 3 is 1.32 bits per heavy atom. The third-order valence-corrected chi connectivity index (χ3v) is 12.0. The minimum absolute atomic E-state index is 0.0309. The van der Waals surface area contributed by atoms with Crippen LogP contribution >= 0.6 is 0 Å². The number of hydrogen-bond donors (Lipinski definition) is 3. The second kappa shape index (κ2) is 52.0. The minimum atomic E-state index is -0.808. The summed E-state index contributed by atoms with van der Waals surface area (Å²) in [7, 11) is 0. The summed E-state index contributed by atoms with van der Waals surface area (Å²) >= 11 is 0. The van der Waals surface area contributed by atoms with Gasteiger partial charge in [0.05, 0.1) is 25.2 Å². The molecule has 0 radical (unpaired) electrons. The van der Waals surface area contributed by atoms with E-state index in [4.69, 9.17) is 4.74 Å². The van der Waals surface area contributed by atoms with Crippen molar-refractivity contribution in [3.8, 4) is 0 Å². The second-order valence-electron chi connectivity index (χ2n) is 18.2.